The Morgan fingerprint density at radius 2 is 1.56 bits per heavy atom. The highest BCUT2D eigenvalue weighted by atomic mass is 16.2. The summed E-state index contributed by atoms with van der Waals surface area (Å²) in [6.45, 7) is 10.7. The Balaban J connectivity index is 1.48. The van der Waals surface area contributed by atoms with E-state index in [1.807, 2.05) is 35.8 Å². The average molecular weight is 373 g/mol. The summed E-state index contributed by atoms with van der Waals surface area (Å²) in [7, 11) is 0. The Kier molecular flexibility index (Phi) is 6.85. The van der Waals surface area contributed by atoms with E-state index in [1.165, 1.54) is 5.56 Å². The molecular formula is C21H32N4O2. The predicted molar refractivity (Wildman–Crippen MR) is 108 cm³/mol. The molecule has 1 aromatic carbocycles. The number of anilines is 1. The van der Waals surface area contributed by atoms with Crippen LogP contribution in [0, 0.1) is 0 Å². The minimum atomic E-state index is 0.190. The van der Waals surface area contributed by atoms with Crippen LogP contribution in [-0.2, 0) is 16.0 Å². The van der Waals surface area contributed by atoms with Crippen molar-refractivity contribution in [2.75, 3.05) is 63.8 Å². The topological polar surface area (TPSA) is 47.1 Å². The summed E-state index contributed by atoms with van der Waals surface area (Å²) >= 11 is 0. The number of hydrogen-bond donors (Lipinski definition) is 0. The fraction of sp³-hybridized carbons (Fsp3) is 0.619. The normalized spacial score (nSPS) is 18.2. The number of carbonyl (C=O) groups is 2. The standard InChI is InChI=1S/C21H32N4O2/c1-3-24(4-2)20(26)16-22-12-14-23(15-13-22)17-21(27)25-11-7-9-18-8-5-6-10-19(18)25/h5-6,8,10H,3-4,7,9,11-17H2,1-2H3. The number of carbonyl (C=O) groups excluding carboxylic acids is 2. The fourth-order valence-corrected chi connectivity index (χ4v) is 4.04. The Morgan fingerprint density at radius 3 is 2.22 bits per heavy atom. The van der Waals surface area contributed by atoms with Crippen LogP contribution in [0.15, 0.2) is 24.3 Å². The van der Waals surface area contributed by atoms with E-state index in [0.29, 0.717) is 13.1 Å². The minimum Gasteiger partial charge on any atom is -0.342 e. The number of para-hydroxylation sites is 1. The fourth-order valence-electron chi connectivity index (χ4n) is 4.04. The van der Waals surface area contributed by atoms with Crippen molar-refractivity contribution in [2.24, 2.45) is 0 Å². The van der Waals surface area contributed by atoms with Crippen LogP contribution in [-0.4, -0.2) is 85.4 Å². The number of likely N-dealkylation sites (N-methyl/N-ethyl adjacent to an activating group) is 1. The molecule has 2 aliphatic heterocycles. The lowest BCUT2D eigenvalue weighted by Crippen LogP contribution is -2.52. The Labute approximate surface area is 162 Å². The van der Waals surface area contributed by atoms with Gasteiger partial charge in [-0.15, -0.1) is 0 Å². The molecule has 0 radical (unpaired) electrons. The zero-order valence-corrected chi connectivity index (χ0v) is 16.7. The second kappa shape index (κ2) is 9.33. The molecule has 0 spiro atoms. The van der Waals surface area contributed by atoms with Crippen molar-refractivity contribution in [1.29, 1.82) is 0 Å². The first-order valence-electron chi connectivity index (χ1n) is 10.2. The third kappa shape index (κ3) is 4.87. The highest BCUT2D eigenvalue weighted by Gasteiger charge is 2.26. The molecular weight excluding hydrogens is 340 g/mol. The van der Waals surface area contributed by atoms with Gasteiger partial charge in [-0.3, -0.25) is 19.4 Å². The number of amides is 2. The molecule has 2 amide bonds. The highest BCUT2D eigenvalue weighted by molar-refractivity contribution is 5.96. The minimum absolute atomic E-state index is 0.190. The molecule has 1 fully saturated rings. The van der Waals surface area contributed by atoms with Gasteiger partial charge in [-0.25, -0.2) is 0 Å². The molecule has 0 atom stereocenters. The molecule has 0 unspecified atom stereocenters. The monoisotopic (exact) mass is 372 g/mol. The number of rotatable bonds is 6. The number of hydrogen-bond acceptors (Lipinski definition) is 4. The van der Waals surface area contributed by atoms with E-state index in [4.69, 9.17) is 0 Å². The van der Waals surface area contributed by atoms with E-state index in [9.17, 15) is 9.59 Å². The van der Waals surface area contributed by atoms with Gasteiger partial charge in [0.1, 0.15) is 0 Å². The van der Waals surface area contributed by atoms with Gasteiger partial charge in [0.25, 0.3) is 0 Å². The van der Waals surface area contributed by atoms with Crippen LogP contribution in [0.5, 0.6) is 0 Å². The van der Waals surface area contributed by atoms with Crippen LogP contribution in [0.25, 0.3) is 0 Å². The summed E-state index contributed by atoms with van der Waals surface area (Å²) in [5, 5.41) is 0. The summed E-state index contributed by atoms with van der Waals surface area (Å²) in [4.78, 5) is 33.4. The molecule has 148 valence electrons. The number of aryl methyl sites for hydroxylation is 1. The Morgan fingerprint density at radius 1 is 0.926 bits per heavy atom. The summed E-state index contributed by atoms with van der Waals surface area (Å²) in [5.74, 6) is 0.393. The first-order chi connectivity index (χ1) is 13.1. The summed E-state index contributed by atoms with van der Waals surface area (Å²) in [6, 6.07) is 8.24. The highest BCUT2D eigenvalue weighted by Crippen LogP contribution is 2.26. The molecule has 27 heavy (non-hydrogen) atoms. The van der Waals surface area contributed by atoms with Crippen LogP contribution in [0.4, 0.5) is 5.69 Å². The van der Waals surface area contributed by atoms with Gasteiger partial charge >= 0.3 is 0 Å². The maximum Gasteiger partial charge on any atom is 0.241 e. The van der Waals surface area contributed by atoms with E-state index in [0.717, 1.165) is 64.3 Å². The van der Waals surface area contributed by atoms with Gasteiger partial charge in [-0.05, 0) is 38.3 Å². The van der Waals surface area contributed by atoms with Crippen LogP contribution < -0.4 is 4.90 Å². The predicted octanol–water partition coefficient (Wildman–Crippen LogP) is 1.45. The van der Waals surface area contributed by atoms with E-state index < -0.39 is 0 Å². The van der Waals surface area contributed by atoms with Gasteiger partial charge < -0.3 is 9.80 Å². The van der Waals surface area contributed by atoms with Gasteiger partial charge in [0.05, 0.1) is 13.1 Å². The molecule has 1 aromatic rings. The smallest absolute Gasteiger partial charge is 0.241 e. The zero-order valence-electron chi connectivity index (χ0n) is 16.7. The van der Waals surface area contributed by atoms with Gasteiger partial charge in [0, 0.05) is 51.5 Å². The SMILES string of the molecule is CCN(CC)C(=O)CN1CCN(CC(=O)N2CCCc3ccccc32)CC1. The molecule has 2 heterocycles. The van der Waals surface area contributed by atoms with Crippen LogP contribution in [0.1, 0.15) is 25.8 Å². The third-order valence-electron chi connectivity index (χ3n) is 5.71. The van der Waals surface area contributed by atoms with Crippen molar-refractivity contribution in [2.45, 2.75) is 26.7 Å². The number of benzene rings is 1. The molecule has 0 bridgehead atoms. The second-order valence-electron chi connectivity index (χ2n) is 7.40. The van der Waals surface area contributed by atoms with E-state index >= 15 is 0 Å². The molecule has 0 aliphatic carbocycles. The van der Waals surface area contributed by atoms with Crippen molar-refractivity contribution >= 4 is 17.5 Å². The van der Waals surface area contributed by atoms with Crippen molar-refractivity contribution < 1.29 is 9.59 Å². The molecule has 6 heteroatoms. The maximum absolute atomic E-state index is 12.9. The Hall–Kier alpha value is -1.92. The van der Waals surface area contributed by atoms with E-state index in [1.54, 1.807) is 0 Å². The molecule has 1 saturated heterocycles. The first kappa shape index (κ1) is 19.8. The number of fused-ring (bicyclic) bond motifs is 1. The van der Waals surface area contributed by atoms with Gasteiger partial charge in [0.15, 0.2) is 0 Å². The lowest BCUT2D eigenvalue weighted by Gasteiger charge is -2.36. The lowest BCUT2D eigenvalue weighted by atomic mass is 10.0. The number of nitrogens with zero attached hydrogens (tertiary/aromatic N) is 4. The zero-order chi connectivity index (χ0) is 19.2. The molecule has 0 N–H and O–H groups in total. The largest absolute Gasteiger partial charge is 0.342 e. The van der Waals surface area contributed by atoms with Crippen LogP contribution in [0.2, 0.25) is 0 Å². The van der Waals surface area contributed by atoms with Gasteiger partial charge in [-0.2, -0.15) is 0 Å². The molecule has 0 aromatic heterocycles. The van der Waals surface area contributed by atoms with E-state index in [2.05, 4.69) is 21.9 Å². The summed E-state index contributed by atoms with van der Waals surface area (Å²) in [5.41, 5.74) is 2.36. The number of piperazine rings is 1. The van der Waals surface area contributed by atoms with Crippen molar-refractivity contribution in [3.05, 3.63) is 29.8 Å². The average Bonchev–Trinajstić information content (AvgIpc) is 2.70. The molecule has 6 nitrogen and oxygen atoms in total. The molecule has 0 saturated carbocycles. The van der Waals surface area contributed by atoms with Gasteiger partial charge in [0.2, 0.25) is 11.8 Å². The third-order valence-corrected chi connectivity index (χ3v) is 5.71. The quantitative estimate of drug-likeness (QED) is 0.758. The van der Waals surface area contributed by atoms with E-state index in [-0.39, 0.29) is 11.8 Å². The van der Waals surface area contributed by atoms with Crippen LogP contribution >= 0.6 is 0 Å². The lowest BCUT2D eigenvalue weighted by molar-refractivity contribution is -0.132. The van der Waals surface area contributed by atoms with Gasteiger partial charge in [-0.1, -0.05) is 18.2 Å². The summed E-state index contributed by atoms with van der Waals surface area (Å²) < 4.78 is 0. The second-order valence-corrected chi connectivity index (χ2v) is 7.40. The molecule has 3 rings (SSSR count). The van der Waals surface area contributed by atoms with Crippen molar-refractivity contribution in [1.82, 2.24) is 14.7 Å². The van der Waals surface area contributed by atoms with Crippen LogP contribution in [0.3, 0.4) is 0 Å². The summed E-state index contributed by atoms with van der Waals surface area (Å²) in [6.07, 6.45) is 2.09. The molecule has 2 aliphatic rings. The maximum atomic E-state index is 12.9. The van der Waals surface area contributed by atoms with Crippen molar-refractivity contribution in [3.63, 3.8) is 0 Å². The Bertz CT molecular complexity index is 651. The van der Waals surface area contributed by atoms with Crippen molar-refractivity contribution in [3.8, 4) is 0 Å². The first-order valence-corrected chi connectivity index (χ1v) is 10.2.